The molecule has 4 nitrogen and oxygen atoms in total. The molecule has 0 unspecified atom stereocenters. The Bertz CT molecular complexity index is 434. The molecule has 0 N–H and O–H groups in total. The molecule has 0 fully saturated rings. The second-order valence-electron chi connectivity index (χ2n) is 4.92. The van der Waals surface area contributed by atoms with E-state index in [0.29, 0.717) is 18.3 Å². The smallest absolute Gasteiger partial charge is 0.311 e. The van der Waals surface area contributed by atoms with Crippen LogP contribution in [0.5, 0.6) is 5.75 Å². The fourth-order valence-electron chi connectivity index (χ4n) is 1.60. The Morgan fingerprint density at radius 1 is 1.05 bits per heavy atom. The van der Waals surface area contributed by atoms with Gasteiger partial charge in [-0.1, -0.05) is 32.9 Å². The zero-order chi connectivity index (χ0) is 15.0. The highest BCUT2D eigenvalue weighted by molar-refractivity contribution is 5.79. The van der Waals surface area contributed by atoms with E-state index in [1.54, 1.807) is 12.1 Å². The molecule has 20 heavy (non-hydrogen) atoms. The summed E-state index contributed by atoms with van der Waals surface area (Å²) in [4.78, 5) is 22.8. The van der Waals surface area contributed by atoms with Crippen molar-refractivity contribution in [3.63, 3.8) is 0 Å². The van der Waals surface area contributed by atoms with Crippen molar-refractivity contribution in [2.45, 2.75) is 46.0 Å². The zero-order valence-corrected chi connectivity index (χ0v) is 12.3. The van der Waals surface area contributed by atoms with Gasteiger partial charge in [-0.25, -0.2) is 0 Å². The quantitative estimate of drug-likeness (QED) is 0.566. The molecule has 0 aliphatic carbocycles. The molecule has 0 radical (unpaired) electrons. The Kier molecular flexibility index (Phi) is 6.77. The summed E-state index contributed by atoms with van der Waals surface area (Å²) in [5.74, 6) is 0.157. The van der Waals surface area contributed by atoms with E-state index in [9.17, 15) is 9.59 Å². The summed E-state index contributed by atoms with van der Waals surface area (Å²) in [6.07, 6.45) is 0.871. The molecule has 0 amide bonds. The van der Waals surface area contributed by atoms with Crippen molar-refractivity contribution in [3.05, 3.63) is 29.8 Å². The van der Waals surface area contributed by atoms with Gasteiger partial charge < -0.3 is 9.47 Å². The highest BCUT2D eigenvalue weighted by Crippen LogP contribution is 2.19. The second kappa shape index (κ2) is 8.35. The predicted molar refractivity (Wildman–Crippen MR) is 76.7 cm³/mol. The lowest BCUT2D eigenvalue weighted by atomic mass is 10.0. The van der Waals surface area contributed by atoms with Crippen LogP contribution in [0.25, 0.3) is 0 Å². The van der Waals surface area contributed by atoms with Crippen LogP contribution in [-0.4, -0.2) is 18.5 Å². The van der Waals surface area contributed by atoms with E-state index in [1.165, 1.54) is 5.56 Å². The van der Waals surface area contributed by atoms with Crippen molar-refractivity contribution in [1.29, 1.82) is 0 Å². The third-order valence-electron chi connectivity index (χ3n) is 2.78. The van der Waals surface area contributed by atoms with E-state index in [4.69, 9.17) is 9.47 Å². The molecule has 1 aromatic carbocycles. The topological polar surface area (TPSA) is 52.6 Å². The molecule has 0 bridgehead atoms. The van der Waals surface area contributed by atoms with E-state index in [1.807, 2.05) is 19.1 Å². The standard InChI is InChI=1S/C16H22O4/c1-4-11-19-15(17)9-10-16(18)20-14-7-5-13(6-8-14)12(2)3/h5-8,12H,4,9-11H2,1-3H3. The van der Waals surface area contributed by atoms with Gasteiger partial charge in [0.15, 0.2) is 0 Å². The van der Waals surface area contributed by atoms with E-state index in [-0.39, 0.29) is 18.8 Å². The van der Waals surface area contributed by atoms with Gasteiger partial charge in [0.05, 0.1) is 19.4 Å². The molecule has 1 rings (SSSR count). The molecular weight excluding hydrogens is 256 g/mol. The minimum absolute atomic E-state index is 0.0362. The SMILES string of the molecule is CCCOC(=O)CCC(=O)Oc1ccc(C(C)C)cc1. The second-order valence-corrected chi connectivity index (χ2v) is 4.92. The van der Waals surface area contributed by atoms with Crippen molar-refractivity contribution in [2.24, 2.45) is 0 Å². The summed E-state index contributed by atoms with van der Waals surface area (Å²) in [5, 5.41) is 0. The number of carbonyl (C=O) groups is 2. The normalized spacial score (nSPS) is 10.4. The van der Waals surface area contributed by atoms with E-state index in [2.05, 4.69) is 13.8 Å². The van der Waals surface area contributed by atoms with Gasteiger partial charge in [-0.2, -0.15) is 0 Å². The maximum atomic E-state index is 11.6. The van der Waals surface area contributed by atoms with Crippen LogP contribution in [0, 0.1) is 0 Å². The van der Waals surface area contributed by atoms with Gasteiger partial charge in [-0.05, 0) is 30.0 Å². The zero-order valence-electron chi connectivity index (χ0n) is 12.3. The average molecular weight is 278 g/mol. The molecule has 0 saturated carbocycles. The van der Waals surface area contributed by atoms with Gasteiger partial charge in [-0.3, -0.25) is 9.59 Å². The maximum absolute atomic E-state index is 11.6. The van der Waals surface area contributed by atoms with Crippen molar-refractivity contribution < 1.29 is 19.1 Å². The summed E-state index contributed by atoms with van der Waals surface area (Å²) in [6, 6.07) is 7.40. The van der Waals surface area contributed by atoms with Crippen LogP contribution in [0.15, 0.2) is 24.3 Å². The Hall–Kier alpha value is -1.84. The molecule has 1 aromatic rings. The molecule has 4 heteroatoms. The molecule has 0 aliphatic heterocycles. The first-order chi connectivity index (χ1) is 9.52. The van der Waals surface area contributed by atoms with Gasteiger partial charge in [0, 0.05) is 0 Å². The number of rotatable bonds is 7. The molecule has 0 atom stereocenters. The maximum Gasteiger partial charge on any atom is 0.311 e. The first-order valence-corrected chi connectivity index (χ1v) is 6.99. The lowest BCUT2D eigenvalue weighted by Gasteiger charge is -2.07. The van der Waals surface area contributed by atoms with E-state index in [0.717, 1.165) is 6.42 Å². The summed E-state index contributed by atoms with van der Waals surface area (Å²) >= 11 is 0. The lowest BCUT2D eigenvalue weighted by Crippen LogP contribution is -2.12. The largest absolute Gasteiger partial charge is 0.466 e. The lowest BCUT2D eigenvalue weighted by molar-refractivity contribution is -0.146. The summed E-state index contributed by atoms with van der Waals surface area (Å²) < 4.78 is 10.0. The van der Waals surface area contributed by atoms with Crippen molar-refractivity contribution >= 4 is 11.9 Å². The first kappa shape index (κ1) is 16.2. The Labute approximate surface area is 120 Å². The summed E-state index contributed by atoms with van der Waals surface area (Å²) in [7, 11) is 0. The number of esters is 2. The van der Waals surface area contributed by atoms with Crippen LogP contribution < -0.4 is 4.74 Å². The van der Waals surface area contributed by atoms with Crippen molar-refractivity contribution in [2.75, 3.05) is 6.61 Å². The third kappa shape index (κ3) is 5.87. The van der Waals surface area contributed by atoms with Gasteiger partial charge in [0.25, 0.3) is 0 Å². The molecule has 0 saturated heterocycles. The van der Waals surface area contributed by atoms with Gasteiger partial charge in [-0.15, -0.1) is 0 Å². The van der Waals surface area contributed by atoms with Crippen LogP contribution >= 0.6 is 0 Å². The van der Waals surface area contributed by atoms with Crippen molar-refractivity contribution in [1.82, 2.24) is 0 Å². The Morgan fingerprint density at radius 3 is 2.20 bits per heavy atom. The van der Waals surface area contributed by atoms with Gasteiger partial charge >= 0.3 is 11.9 Å². The molecule has 0 spiro atoms. The van der Waals surface area contributed by atoms with Gasteiger partial charge in [0.1, 0.15) is 5.75 Å². The highest BCUT2D eigenvalue weighted by Gasteiger charge is 2.10. The Balaban J connectivity index is 2.36. The van der Waals surface area contributed by atoms with E-state index >= 15 is 0 Å². The van der Waals surface area contributed by atoms with Crippen LogP contribution in [0.3, 0.4) is 0 Å². The molecule has 0 aromatic heterocycles. The van der Waals surface area contributed by atoms with Crippen LogP contribution in [0.4, 0.5) is 0 Å². The number of benzene rings is 1. The number of carbonyl (C=O) groups excluding carboxylic acids is 2. The van der Waals surface area contributed by atoms with Gasteiger partial charge in [0.2, 0.25) is 0 Å². The molecule has 0 aliphatic rings. The first-order valence-electron chi connectivity index (χ1n) is 6.99. The molecule has 110 valence electrons. The number of hydrogen-bond acceptors (Lipinski definition) is 4. The fraction of sp³-hybridized carbons (Fsp3) is 0.500. The summed E-state index contributed by atoms with van der Waals surface area (Å²) in [5.41, 5.74) is 1.19. The van der Waals surface area contributed by atoms with Crippen molar-refractivity contribution in [3.8, 4) is 5.75 Å². The monoisotopic (exact) mass is 278 g/mol. The predicted octanol–water partition coefficient (Wildman–Crippen LogP) is 3.45. The molecule has 0 heterocycles. The third-order valence-corrected chi connectivity index (χ3v) is 2.78. The molecular formula is C16H22O4. The summed E-state index contributed by atoms with van der Waals surface area (Å²) in [6.45, 7) is 6.51. The Morgan fingerprint density at radius 2 is 1.65 bits per heavy atom. The van der Waals surface area contributed by atoms with E-state index < -0.39 is 5.97 Å². The minimum atomic E-state index is -0.421. The average Bonchev–Trinajstić information content (AvgIpc) is 2.43. The minimum Gasteiger partial charge on any atom is -0.466 e. The van der Waals surface area contributed by atoms with Crippen LogP contribution in [0.2, 0.25) is 0 Å². The van der Waals surface area contributed by atoms with Crippen LogP contribution in [0.1, 0.15) is 51.5 Å². The van der Waals surface area contributed by atoms with Crippen LogP contribution in [-0.2, 0) is 14.3 Å². The fourth-order valence-corrected chi connectivity index (χ4v) is 1.60. The number of ether oxygens (including phenoxy) is 2. The number of hydrogen-bond donors (Lipinski definition) is 0. The highest BCUT2D eigenvalue weighted by atomic mass is 16.5.